The highest BCUT2D eigenvalue weighted by molar-refractivity contribution is 6.10. The van der Waals surface area contributed by atoms with Crippen LogP contribution in [0.1, 0.15) is 77.1 Å². The molecule has 0 aromatic heterocycles. The molecule has 2 amide bonds. The van der Waals surface area contributed by atoms with E-state index in [-0.39, 0.29) is 17.5 Å². The molecular weight excluding hydrogens is 546 g/mol. The maximum absolute atomic E-state index is 13.7. The average Bonchev–Trinajstić information content (AvgIpc) is 3.35. The molecular formula is C37H51N5O2. The van der Waals surface area contributed by atoms with Gasteiger partial charge >= 0.3 is 0 Å². The number of nitrogens with zero attached hydrogens (tertiary/aromatic N) is 3. The molecule has 7 nitrogen and oxygen atoms in total. The molecule has 236 valence electrons. The van der Waals surface area contributed by atoms with Crippen molar-refractivity contribution in [3.8, 4) is 0 Å². The number of amides is 2. The summed E-state index contributed by atoms with van der Waals surface area (Å²) in [5.41, 5.74) is 8.30. The van der Waals surface area contributed by atoms with Crippen molar-refractivity contribution in [2.45, 2.75) is 92.7 Å². The molecule has 2 aliphatic heterocycles. The minimum atomic E-state index is -0.339. The Morgan fingerprint density at radius 2 is 1.23 bits per heavy atom. The first kappa shape index (κ1) is 33.3. The highest BCUT2D eigenvalue weighted by Crippen LogP contribution is 2.25. The lowest BCUT2D eigenvalue weighted by Gasteiger charge is -2.23. The lowest BCUT2D eigenvalue weighted by Crippen LogP contribution is -2.32. The zero-order valence-electron chi connectivity index (χ0n) is 27.8. The number of hydrogen-bond donors (Lipinski definition) is 2. The Morgan fingerprint density at radius 1 is 0.773 bits per heavy atom. The van der Waals surface area contributed by atoms with E-state index in [1.165, 1.54) is 22.3 Å². The summed E-state index contributed by atoms with van der Waals surface area (Å²) in [5.74, 6) is -0.576. The molecule has 0 fully saturated rings. The van der Waals surface area contributed by atoms with E-state index in [1.807, 2.05) is 26.0 Å². The van der Waals surface area contributed by atoms with Crippen LogP contribution >= 0.6 is 0 Å². The van der Waals surface area contributed by atoms with Crippen molar-refractivity contribution in [2.24, 2.45) is 4.99 Å². The van der Waals surface area contributed by atoms with Crippen LogP contribution in [0, 0.1) is 0 Å². The van der Waals surface area contributed by atoms with Gasteiger partial charge in [-0.3, -0.25) is 14.6 Å². The van der Waals surface area contributed by atoms with Crippen molar-refractivity contribution in [2.75, 3.05) is 36.8 Å². The van der Waals surface area contributed by atoms with Gasteiger partial charge in [-0.1, -0.05) is 24.6 Å². The van der Waals surface area contributed by atoms with Gasteiger partial charge in [0.05, 0.1) is 0 Å². The SMILES string of the molecule is CC=N/C(=C\C(C(=O)Nc1ccc2c(c1)CCN(C(C)C)CC2)=C(/C)CC)C(=O)Nc1ccc2c(c1)CCN(C(C)C)CC2. The van der Waals surface area contributed by atoms with Crippen LogP contribution in [0.25, 0.3) is 0 Å². The van der Waals surface area contributed by atoms with E-state index in [4.69, 9.17) is 0 Å². The molecule has 2 aromatic carbocycles. The Balaban J connectivity index is 1.52. The maximum Gasteiger partial charge on any atom is 0.274 e. The number of nitrogens with one attached hydrogen (secondary N) is 2. The highest BCUT2D eigenvalue weighted by Gasteiger charge is 2.20. The minimum absolute atomic E-state index is 0.196. The summed E-state index contributed by atoms with van der Waals surface area (Å²) in [4.78, 5) is 36.6. The topological polar surface area (TPSA) is 77.0 Å². The van der Waals surface area contributed by atoms with Gasteiger partial charge in [0.1, 0.15) is 5.70 Å². The summed E-state index contributed by atoms with van der Waals surface area (Å²) in [6.45, 7) is 18.8. The van der Waals surface area contributed by atoms with Gasteiger partial charge in [-0.25, -0.2) is 0 Å². The first-order chi connectivity index (χ1) is 21.1. The van der Waals surface area contributed by atoms with Gasteiger partial charge in [0.2, 0.25) is 0 Å². The monoisotopic (exact) mass is 597 g/mol. The van der Waals surface area contributed by atoms with Crippen LogP contribution in [0.15, 0.2) is 64.3 Å². The second-order valence-corrected chi connectivity index (χ2v) is 12.6. The lowest BCUT2D eigenvalue weighted by molar-refractivity contribution is -0.113. The molecule has 0 atom stereocenters. The Labute approximate surface area is 264 Å². The van der Waals surface area contributed by atoms with Crippen LogP contribution in [-0.2, 0) is 35.3 Å². The quantitative estimate of drug-likeness (QED) is 0.194. The van der Waals surface area contributed by atoms with E-state index < -0.39 is 0 Å². The first-order valence-corrected chi connectivity index (χ1v) is 16.3. The number of aliphatic imine (C=N–C) groups is 1. The predicted molar refractivity (Wildman–Crippen MR) is 184 cm³/mol. The smallest absolute Gasteiger partial charge is 0.274 e. The molecule has 0 bridgehead atoms. The number of rotatable bonds is 9. The largest absolute Gasteiger partial charge is 0.322 e. The predicted octanol–water partition coefficient (Wildman–Crippen LogP) is 6.58. The van der Waals surface area contributed by atoms with Gasteiger partial charge in [0.25, 0.3) is 11.8 Å². The van der Waals surface area contributed by atoms with E-state index in [1.54, 1.807) is 19.2 Å². The van der Waals surface area contributed by atoms with Gasteiger partial charge in [-0.2, -0.15) is 0 Å². The molecule has 0 spiro atoms. The summed E-state index contributed by atoms with van der Waals surface area (Å²) in [6.07, 6.45) is 7.82. The van der Waals surface area contributed by atoms with E-state index in [0.717, 1.165) is 68.8 Å². The molecule has 2 aromatic rings. The summed E-state index contributed by atoms with van der Waals surface area (Å²) >= 11 is 0. The second kappa shape index (κ2) is 15.4. The van der Waals surface area contributed by atoms with Crippen LogP contribution < -0.4 is 10.6 Å². The molecule has 0 unspecified atom stereocenters. The normalized spacial score (nSPS) is 17.2. The van der Waals surface area contributed by atoms with Crippen molar-refractivity contribution < 1.29 is 9.59 Å². The minimum Gasteiger partial charge on any atom is -0.322 e. The molecule has 0 saturated carbocycles. The summed E-state index contributed by atoms with van der Waals surface area (Å²) in [7, 11) is 0. The average molecular weight is 598 g/mol. The molecule has 0 radical (unpaired) electrons. The molecule has 2 N–H and O–H groups in total. The van der Waals surface area contributed by atoms with Gasteiger partial charge in [-0.05, 0) is 126 Å². The molecule has 2 aliphatic rings. The number of benzene rings is 2. The highest BCUT2D eigenvalue weighted by atomic mass is 16.2. The molecule has 4 rings (SSSR count). The van der Waals surface area contributed by atoms with Crippen LogP contribution in [0.4, 0.5) is 11.4 Å². The van der Waals surface area contributed by atoms with E-state index in [0.29, 0.717) is 24.1 Å². The lowest BCUT2D eigenvalue weighted by atomic mass is 10.0. The van der Waals surface area contributed by atoms with Crippen molar-refractivity contribution >= 4 is 29.4 Å². The van der Waals surface area contributed by atoms with Crippen molar-refractivity contribution in [3.05, 3.63) is 81.6 Å². The van der Waals surface area contributed by atoms with E-state index in [2.05, 4.69) is 77.4 Å². The third kappa shape index (κ3) is 8.54. The fraction of sp³-hybridized carbons (Fsp3) is 0.486. The third-order valence-electron chi connectivity index (χ3n) is 9.08. The Morgan fingerprint density at radius 3 is 1.66 bits per heavy atom. The number of carbonyl (C=O) groups excluding carboxylic acids is 2. The zero-order valence-corrected chi connectivity index (χ0v) is 27.8. The zero-order chi connectivity index (χ0) is 31.8. The van der Waals surface area contributed by atoms with Crippen molar-refractivity contribution in [3.63, 3.8) is 0 Å². The van der Waals surface area contributed by atoms with Gasteiger partial charge in [0.15, 0.2) is 0 Å². The van der Waals surface area contributed by atoms with Gasteiger partial charge < -0.3 is 20.4 Å². The fourth-order valence-corrected chi connectivity index (χ4v) is 6.08. The maximum atomic E-state index is 13.7. The Hall–Kier alpha value is -3.55. The number of allylic oxidation sites excluding steroid dienone is 1. The summed E-state index contributed by atoms with van der Waals surface area (Å²) in [5, 5.41) is 6.15. The summed E-state index contributed by atoms with van der Waals surface area (Å²) in [6, 6.07) is 13.4. The number of carbonyl (C=O) groups is 2. The molecule has 44 heavy (non-hydrogen) atoms. The fourth-order valence-electron chi connectivity index (χ4n) is 6.08. The van der Waals surface area contributed by atoms with Crippen molar-refractivity contribution in [1.29, 1.82) is 0 Å². The summed E-state index contributed by atoms with van der Waals surface area (Å²) < 4.78 is 0. The standard InChI is InChI=1S/C37H51N5O2/c1-8-27(7)34(36(43)39-32-12-10-28-14-18-41(25(3)4)20-16-30(28)22-32)24-35(38-9-2)37(44)40-33-13-11-29-15-19-42(26(5)6)21-17-31(29)23-33/h9-13,22-26H,8,14-21H2,1-7H3,(H,39,43)(H,40,44)/b34-27-,35-24-,38-9?. The molecule has 0 saturated heterocycles. The second-order valence-electron chi connectivity index (χ2n) is 12.6. The van der Waals surface area contributed by atoms with Crippen LogP contribution in [-0.4, -0.2) is 66.1 Å². The Bertz CT molecular complexity index is 1440. The number of fused-ring (bicyclic) bond motifs is 2. The van der Waals surface area contributed by atoms with Gasteiger partial charge in [0, 0.05) is 61.4 Å². The van der Waals surface area contributed by atoms with Crippen molar-refractivity contribution in [1.82, 2.24) is 9.80 Å². The number of hydrogen-bond acceptors (Lipinski definition) is 5. The number of anilines is 2. The molecule has 7 heteroatoms. The molecule has 2 heterocycles. The first-order valence-electron chi connectivity index (χ1n) is 16.3. The van der Waals surface area contributed by atoms with Crippen LogP contribution in [0.5, 0.6) is 0 Å². The van der Waals surface area contributed by atoms with Crippen LogP contribution in [0.3, 0.4) is 0 Å². The van der Waals surface area contributed by atoms with Crippen LogP contribution in [0.2, 0.25) is 0 Å². The Kier molecular flexibility index (Phi) is 11.7. The van der Waals surface area contributed by atoms with E-state index >= 15 is 0 Å². The molecule has 0 aliphatic carbocycles. The third-order valence-corrected chi connectivity index (χ3v) is 9.08. The van der Waals surface area contributed by atoms with E-state index in [9.17, 15) is 9.59 Å². The van der Waals surface area contributed by atoms with Gasteiger partial charge in [-0.15, -0.1) is 0 Å².